The second-order valence-electron chi connectivity index (χ2n) is 8.23. The van der Waals surface area contributed by atoms with E-state index >= 15 is 0 Å². The van der Waals surface area contributed by atoms with Crippen LogP contribution < -0.4 is 9.80 Å². The molecule has 1 fully saturated rings. The number of nitrogens with zero attached hydrogens (tertiary/aromatic N) is 4. The van der Waals surface area contributed by atoms with E-state index in [4.69, 9.17) is 9.97 Å². The number of aryl methyl sites for hydroxylation is 1. The van der Waals surface area contributed by atoms with Gasteiger partial charge in [-0.2, -0.15) is 13.2 Å². The summed E-state index contributed by atoms with van der Waals surface area (Å²) in [5, 5.41) is 1.02. The van der Waals surface area contributed by atoms with Crippen molar-refractivity contribution in [3.63, 3.8) is 0 Å². The predicted octanol–water partition coefficient (Wildman–Crippen LogP) is 5.95. The first kappa shape index (κ1) is 21.2. The Morgan fingerprint density at radius 3 is 2.18 bits per heavy atom. The van der Waals surface area contributed by atoms with E-state index in [1.54, 1.807) is 6.07 Å². The van der Waals surface area contributed by atoms with Gasteiger partial charge < -0.3 is 9.80 Å². The van der Waals surface area contributed by atoms with E-state index in [2.05, 4.69) is 17.9 Å². The molecule has 0 atom stereocenters. The summed E-state index contributed by atoms with van der Waals surface area (Å²) in [5.41, 5.74) is 2.91. The smallest absolute Gasteiger partial charge is 0.368 e. The lowest BCUT2D eigenvalue weighted by atomic mass is 10.1. The Morgan fingerprint density at radius 1 is 0.758 bits per heavy atom. The fourth-order valence-electron chi connectivity index (χ4n) is 4.33. The predicted molar refractivity (Wildman–Crippen MR) is 126 cm³/mol. The third-order valence-corrected chi connectivity index (χ3v) is 6.06. The van der Waals surface area contributed by atoms with Crippen LogP contribution in [-0.4, -0.2) is 36.1 Å². The summed E-state index contributed by atoms with van der Waals surface area (Å²) in [7, 11) is 0. The normalized spacial score (nSPS) is 14.7. The molecule has 0 N–H and O–H groups in total. The Bertz CT molecular complexity index is 1280. The van der Waals surface area contributed by atoms with Gasteiger partial charge in [0.05, 0.1) is 11.1 Å². The Kier molecular flexibility index (Phi) is 5.40. The maximum atomic E-state index is 13.1. The molecule has 0 radical (unpaired) electrons. The van der Waals surface area contributed by atoms with Crippen molar-refractivity contribution < 1.29 is 13.2 Å². The summed E-state index contributed by atoms with van der Waals surface area (Å²) in [5.74, 6) is 1.55. The van der Waals surface area contributed by atoms with Crippen LogP contribution in [-0.2, 0) is 6.18 Å². The van der Waals surface area contributed by atoms with Gasteiger partial charge >= 0.3 is 6.18 Å². The van der Waals surface area contributed by atoms with E-state index in [0.717, 1.165) is 33.9 Å². The Balaban J connectivity index is 1.46. The third kappa shape index (κ3) is 4.23. The zero-order valence-electron chi connectivity index (χ0n) is 18.2. The number of anilines is 2. The van der Waals surface area contributed by atoms with E-state index in [0.29, 0.717) is 37.7 Å². The zero-order valence-corrected chi connectivity index (χ0v) is 18.2. The van der Waals surface area contributed by atoms with Gasteiger partial charge in [0.15, 0.2) is 5.82 Å². The van der Waals surface area contributed by atoms with Crippen LogP contribution in [0.1, 0.15) is 11.1 Å². The third-order valence-electron chi connectivity index (χ3n) is 6.06. The monoisotopic (exact) mass is 448 g/mol. The molecule has 3 aromatic carbocycles. The van der Waals surface area contributed by atoms with Crippen LogP contribution in [0.2, 0.25) is 0 Å². The summed E-state index contributed by atoms with van der Waals surface area (Å²) < 4.78 is 39.4. The fourth-order valence-corrected chi connectivity index (χ4v) is 4.33. The molecular weight excluding hydrogens is 425 g/mol. The van der Waals surface area contributed by atoms with E-state index in [-0.39, 0.29) is 0 Å². The number of aromatic nitrogens is 2. The van der Waals surface area contributed by atoms with Gasteiger partial charge in [0.1, 0.15) is 5.82 Å². The molecule has 0 amide bonds. The van der Waals surface area contributed by atoms with Crippen LogP contribution >= 0.6 is 0 Å². The molecule has 7 heteroatoms. The van der Waals surface area contributed by atoms with Crippen LogP contribution in [0, 0.1) is 6.92 Å². The maximum absolute atomic E-state index is 13.1. The molecule has 1 aromatic heterocycles. The Labute approximate surface area is 190 Å². The highest BCUT2D eigenvalue weighted by Gasteiger charge is 2.31. The average molecular weight is 448 g/mol. The van der Waals surface area contributed by atoms with Crippen molar-refractivity contribution in [1.82, 2.24) is 9.97 Å². The van der Waals surface area contributed by atoms with E-state index in [9.17, 15) is 13.2 Å². The number of rotatable bonds is 3. The molecule has 4 nitrogen and oxygen atoms in total. The summed E-state index contributed by atoms with van der Waals surface area (Å²) in [4.78, 5) is 14.0. The first-order valence-corrected chi connectivity index (χ1v) is 10.9. The minimum Gasteiger partial charge on any atom is -0.368 e. The van der Waals surface area contributed by atoms with Crippen molar-refractivity contribution in [3.05, 3.63) is 83.9 Å². The van der Waals surface area contributed by atoms with Crippen LogP contribution in [0.4, 0.5) is 24.7 Å². The Hall–Kier alpha value is -3.61. The minimum absolute atomic E-state index is 0.596. The second kappa shape index (κ2) is 8.39. The number of alkyl halides is 3. The minimum atomic E-state index is -4.34. The maximum Gasteiger partial charge on any atom is 0.416 e. The van der Waals surface area contributed by atoms with Gasteiger partial charge in [-0.05, 0) is 36.8 Å². The Morgan fingerprint density at radius 2 is 1.45 bits per heavy atom. The average Bonchev–Trinajstić information content (AvgIpc) is 2.84. The molecule has 0 bridgehead atoms. The highest BCUT2D eigenvalue weighted by Crippen LogP contribution is 2.33. The van der Waals surface area contributed by atoms with E-state index in [1.165, 1.54) is 12.1 Å². The van der Waals surface area contributed by atoms with Gasteiger partial charge in [-0.1, -0.05) is 48.5 Å². The van der Waals surface area contributed by atoms with Crippen molar-refractivity contribution in [2.75, 3.05) is 36.0 Å². The molecule has 168 valence electrons. The topological polar surface area (TPSA) is 32.3 Å². The van der Waals surface area contributed by atoms with Crippen molar-refractivity contribution in [3.8, 4) is 11.4 Å². The largest absolute Gasteiger partial charge is 0.416 e. The molecule has 5 rings (SSSR count). The van der Waals surface area contributed by atoms with Crippen LogP contribution in [0.25, 0.3) is 22.3 Å². The lowest BCUT2D eigenvalue weighted by Gasteiger charge is -2.37. The molecule has 1 aliphatic heterocycles. The molecule has 33 heavy (non-hydrogen) atoms. The number of halogens is 3. The van der Waals surface area contributed by atoms with Gasteiger partial charge in [0, 0.05) is 42.8 Å². The number of hydrogen-bond donors (Lipinski definition) is 0. The van der Waals surface area contributed by atoms with Crippen molar-refractivity contribution in [2.24, 2.45) is 0 Å². The lowest BCUT2D eigenvalue weighted by Crippen LogP contribution is -2.47. The van der Waals surface area contributed by atoms with Crippen LogP contribution in [0.15, 0.2) is 72.8 Å². The van der Waals surface area contributed by atoms with Crippen molar-refractivity contribution in [2.45, 2.75) is 13.1 Å². The summed E-state index contributed by atoms with van der Waals surface area (Å²) in [6, 6.07) is 21.5. The molecule has 2 heterocycles. The zero-order chi connectivity index (χ0) is 23.0. The van der Waals surface area contributed by atoms with Gasteiger partial charge in [0.25, 0.3) is 0 Å². The molecule has 4 aromatic rings. The summed E-state index contributed by atoms with van der Waals surface area (Å²) >= 11 is 0. The number of hydrogen-bond acceptors (Lipinski definition) is 4. The van der Waals surface area contributed by atoms with Gasteiger partial charge in [-0.3, -0.25) is 0 Å². The fraction of sp³-hybridized carbons (Fsp3) is 0.231. The number of piperazine rings is 1. The van der Waals surface area contributed by atoms with E-state index in [1.807, 2.05) is 47.4 Å². The molecule has 1 saturated heterocycles. The number of benzene rings is 3. The van der Waals surface area contributed by atoms with Crippen LogP contribution in [0.5, 0.6) is 0 Å². The number of fused-ring (bicyclic) bond motifs is 1. The molecule has 0 saturated carbocycles. The molecule has 1 aliphatic rings. The highest BCUT2D eigenvalue weighted by atomic mass is 19.4. The highest BCUT2D eigenvalue weighted by molar-refractivity contribution is 5.94. The van der Waals surface area contributed by atoms with Crippen molar-refractivity contribution in [1.29, 1.82) is 0 Å². The molecular formula is C26H23F3N4. The first-order valence-electron chi connectivity index (χ1n) is 10.9. The second-order valence-corrected chi connectivity index (χ2v) is 8.23. The standard InChI is InChI=1S/C26H23F3N4/c1-18-7-5-12-22-23(18)25(31-24(30-22)19-8-3-2-4-9-19)33-15-13-32(14-16-33)21-11-6-10-20(17-21)26(27,28)29/h2-12,17H,13-16H2,1H3. The quantitative estimate of drug-likeness (QED) is 0.388. The van der Waals surface area contributed by atoms with Crippen LogP contribution in [0.3, 0.4) is 0 Å². The van der Waals surface area contributed by atoms with Crippen molar-refractivity contribution >= 4 is 22.4 Å². The van der Waals surface area contributed by atoms with Gasteiger partial charge in [0.2, 0.25) is 0 Å². The van der Waals surface area contributed by atoms with E-state index < -0.39 is 11.7 Å². The first-order chi connectivity index (χ1) is 15.9. The molecule has 0 unspecified atom stereocenters. The van der Waals surface area contributed by atoms with Gasteiger partial charge in [-0.25, -0.2) is 9.97 Å². The summed E-state index contributed by atoms with van der Waals surface area (Å²) in [6.07, 6.45) is -4.34. The summed E-state index contributed by atoms with van der Waals surface area (Å²) in [6.45, 7) is 4.59. The van der Waals surface area contributed by atoms with Gasteiger partial charge in [-0.15, -0.1) is 0 Å². The molecule has 0 spiro atoms. The lowest BCUT2D eigenvalue weighted by molar-refractivity contribution is -0.137. The SMILES string of the molecule is Cc1cccc2nc(-c3ccccc3)nc(N3CCN(c4cccc(C(F)(F)F)c4)CC3)c12. The molecule has 0 aliphatic carbocycles.